The van der Waals surface area contributed by atoms with E-state index < -0.39 is 6.23 Å². The molecule has 1 N–H and O–H groups in total. The van der Waals surface area contributed by atoms with Gasteiger partial charge in [-0.3, -0.25) is 10.1 Å². The van der Waals surface area contributed by atoms with Gasteiger partial charge in [0, 0.05) is 12.1 Å². The monoisotopic (exact) mass is 441 g/mol. The van der Waals surface area contributed by atoms with Crippen LogP contribution in [-0.4, -0.2) is 32.8 Å². The fourth-order valence-corrected chi connectivity index (χ4v) is 3.12. The summed E-state index contributed by atoms with van der Waals surface area (Å²) in [5, 5.41) is 3.26. The average molecular weight is 442 g/mol. The van der Waals surface area contributed by atoms with Crippen LogP contribution in [0.3, 0.4) is 0 Å². The maximum atomic E-state index is 13.0. The fourth-order valence-electron chi connectivity index (χ4n) is 3.12. The van der Waals surface area contributed by atoms with Crippen molar-refractivity contribution < 1.29 is 19.0 Å². The first-order valence-corrected chi connectivity index (χ1v) is 9.90. The molecule has 0 bridgehead atoms. The minimum atomic E-state index is -0.729. The highest BCUT2D eigenvalue weighted by Gasteiger charge is 2.20. The molecule has 0 fully saturated rings. The summed E-state index contributed by atoms with van der Waals surface area (Å²) in [6.45, 7) is 0.931. The van der Waals surface area contributed by atoms with Gasteiger partial charge in [-0.15, -0.1) is 12.4 Å². The molecule has 0 saturated heterocycles. The van der Waals surface area contributed by atoms with Crippen molar-refractivity contribution in [2.24, 2.45) is 0 Å². The minimum Gasteiger partial charge on any atom is -0.493 e. The number of methoxy groups -OCH3 is 2. The minimum absolute atomic E-state index is 0. The van der Waals surface area contributed by atoms with Crippen molar-refractivity contribution in [3.05, 3.63) is 95.6 Å². The van der Waals surface area contributed by atoms with E-state index in [1.54, 1.807) is 26.4 Å². The first-order valence-electron chi connectivity index (χ1n) is 9.90. The zero-order valence-electron chi connectivity index (χ0n) is 17.7. The Bertz CT molecular complexity index is 935. The number of ether oxygens (including phenoxy) is 3. The molecular weight excluding hydrogens is 414 g/mol. The van der Waals surface area contributed by atoms with Gasteiger partial charge in [-0.2, -0.15) is 0 Å². The molecule has 31 heavy (non-hydrogen) atoms. The van der Waals surface area contributed by atoms with Gasteiger partial charge in [-0.1, -0.05) is 66.7 Å². The van der Waals surface area contributed by atoms with E-state index >= 15 is 0 Å². The van der Waals surface area contributed by atoms with E-state index in [-0.39, 0.29) is 18.2 Å². The van der Waals surface area contributed by atoms with Crippen LogP contribution >= 0.6 is 12.4 Å². The van der Waals surface area contributed by atoms with Crippen LogP contribution < -0.4 is 14.8 Å². The van der Waals surface area contributed by atoms with Gasteiger partial charge < -0.3 is 14.2 Å². The Labute approximate surface area is 189 Å². The molecule has 1 unspecified atom stereocenters. The van der Waals surface area contributed by atoms with Gasteiger partial charge in [0.05, 0.1) is 20.8 Å². The summed E-state index contributed by atoms with van der Waals surface area (Å²) in [5.74, 6) is 1.30. The lowest BCUT2D eigenvalue weighted by atomic mass is 10.1. The van der Waals surface area contributed by atoms with E-state index in [1.807, 2.05) is 66.7 Å². The van der Waals surface area contributed by atoms with Crippen molar-refractivity contribution in [1.82, 2.24) is 5.32 Å². The molecule has 3 aromatic carbocycles. The van der Waals surface area contributed by atoms with Crippen LogP contribution in [0.5, 0.6) is 11.5 Å². The third-order valence-electron chi connectivity index (χ3n) is 4.75. The number of hydrogen-bond donors (Lipinski definition) is 1. The number of Topliss-reactive ketones (excluding diaryl/α,β-unsaturated/α-hetero) is 1. The van der Waals surface area contributed by atoms with Crippen LogP contribution in [0.1, 0.15) is 21.5 Å². The largest absolute Gasteiger partial charge is 0.493 e. The summed E-state index contributed by atoms with van der Waals surface area (Å²) >= 11 is 0. The zero-order valence-corrected chi connectivity index (χ0v) is 18.6. The van der Waals surface area contributed by atoms with Crippen LogP contribution in [0.15, 0.2) is 78.9 Å². The lowest BCUT2D eigenvalue weighted by Crippen LogP contribution is -2.40. The lowest BCUT2D eigenvalue weighted by molar-refractivity contribution is 0.0198. The highest BCUT2D eigenvalue weighted by Crippen LogP contribution is 2.27. The van der Waals surface area contributed by atoms with E-state index in [2.05, 4.69) is 5.32 Å². The van der Waals surface area contributed by atoms with Crippen molar-refractivity contribution in [1.29, 1.82) is 0 Å². The van der Waals surface area contributed by atoms with Crippen LogP contribution in [0.25, 0.3) is 0 Å². The number of benzene rings is 3. The van der Waals surface area contributed by atoms with Crippen molar-refractivity contribution in [3.63, 3.8) is 0 Å². The number of nitrogens with one attached hydrogen (secondary N) is 1. The number of halogens is 1. The molecule has 3 rings (SSSR count). The van der Waals surface area contributed by atoms with E-state index in [1.165, 1.54) is 0 Å². The highest BCUT2D eigenvalue weighted by atomic mass is 35.5. The SMILES string of the molecule is COc1ccc(CCNC(OCc2ccccc2)C(=O)c2ccccc2)cc1OC.Cl. The van der Waals surface area contributed by atoms with E-state index in [0.29, 0.717) is 36.6 Å². The van der Waals surface area contributed by atoms with Crippen LogP contribution in [-0.2, 0) is 17.8 Å². The van der Waals surface area contributed by atoms with Gasteiger partial charge in [0.25, 0.3) is 0 Å². The summed E-state index contributed by atoms with van der Waals surface area (Å²) in [6.07, 6.45) is -0.0130. The maximum Gasteiger partial charge on any atom is 0.206 e. The molecule has 0 aromatic heterocycles. The predicted molar refractivity (Wildman–Crippen MR) is 124 cm³/mol. The second-order valence-electron chi connectivity index (χ2n) is 6.80. The standard InChI is InChI=1S/C25H27NO4.ClH/c1-28-22-14-13-19(17-23(22)29-2)15-16-26-25(24(27)21-11-7-4-8-12-21)30-18-20-9-5-3-6-10-20;/h3-14,17,25-26H,15-16,18H2,1-2H3;1H. The van der Waals surface area contributed by atoms with E-state index in [9.17, 15) is 4.79 Å². The molecule has 0 heterocycles. The summed E-state index contributed by atoms with van der Waals surface area (Å²) in [6, 6.07) is 24.8. The van der Waals surface area contributed by atoms with Gasteiger partial charge in [-0.25, -0.2) is 0 Å². The van der Waals surface area contributed by atoms with Gasteiger partial charge in [-0.05, 0) is 29.7 Å². The molecule has 5 nitrogen and oxygen atoms in total. The number of ketones is 1. The van der Waals surface area contributed by atoms with Gasteiger partial charge in [0.1, 0.15) is 0 Å². The molecule has 0 saturated carbocycles. The topological polar surface area (TPSA) is 56.8 Å². The Morgan fingerprint density at radius 3 is 2.13 bits per heavy atom. The fraction of sp³-hybridized carbons (Fsp3) is 0.240. The van der Waals surface area contributed by atoms with Crippen molar-refractivity contribution in [2.75, 3.05) is 20.8 Å². The molecule has 6 heteroatoms. The van der Waals surface area contributed by atoms with Crippen LogP contribution in [0.4, 0.5) is 0 Å². The zero-order chi connectivity index (χ0) is 21.2. The van der Waals surface area contributed by atoms with Crippen molar-refractivity contribution in [2.45, 2.75) is 19.3 Å². The van der Waals surface area contributed by atoms with E-state index in [4.69, 9.17) is 14.2 Å². The molecule has 3 aromatic rings. The third-order valence-corrected chi connectivity index (χ3v) is 4.75. The summed E-state index contributed by atoms with van der Waals surface area (Å²) in [5.41, 5.74) is 2.72. The van der Waals surface area contributed by atoms with Gasteiger partial charge >= 0.3 is 0 Å². The Hall–Kier alpha value is -2.86. The summed E-state index contributed by atoms with van der Waals surface area (Å²) < 4.78 is 16.6. The molecule has 0 aliphatic carbocycles. The Morgan fingerprint density at radius 2 is 1.48 bits per heavy atom. The second-order valence-corrected chi connectivity index (χ2v) is 6.80. The molecule has 0 aliphatic heterocycles. The molecular formula is C25H28ClNO4. The Kier molecular flexibility index (Phi) is 10.0. The molecule has 0 amide bonds. The number of carbonyl (C=O) groups is 1. The second kappa shape index (κ2) is 12.7. The predicted octanol–water partition coefficient (Wildman–Crippen LogP) is 4.68. The van der Waals surface area contributed by atoms with Crippen LogP contribution in [0.2, 0.25) is 0 Å². The Morgan fingerprint density at radius 1 is 0.839 bits per heavy atom. The first-order chi connectivity index (χ1) is 14.7. The molecule has 0 radical (unpaired) electrons. The smallest absolute Gasteiger partial charge is 0.206 e. The molecule has 0 spiro atoms. The average Bonchev–Trinajstić information content (AvgIpc) is 2.81. The lowest BCUT2D eigenvalue weighted by Gasteiger charge is -2.19. The quantitative estimate of drug-likeness (QED) is 0.346. The summed E-state index contributed by atoms with van der Waals surface area (Å²) in [7, 11) is 3.23. The van der Waals surface area contributed by atoms with E-state index in [0.717, 1.165) is 11.1 Å². The normalized spacial score (nSPS) is 11.3. The number of hydrogen-bond acceptors (Lipinski definition) is 5. The molecule has 1 atom stereocenters. The third kappa shape index (κ3) is 7.10. The maximum absolute atomic E-state index is 13.0. The molecule has 0 aliphatic rings. The summed E-state index contributed by atoms with van der Waals surface area (Å²) in [4.78, 5) is 13.0. The van der Waals surface area contributed by atoms with Crippen LogP contribution in [0, 0.1) is 0 Å². The van der Waals surface area contributed by atoms with Gasteiger partial charge in [0.2, 0.25) is 5.78 Å². The van der Waals surface area contributed by atoms with Crippen molar-refractivity contribution >= 4 is 18.2 Å². The van der Waals surface area contributed by atoms with Crippen molar-refractivity contribution in [3.8, 4) is 11.5 Å². The van der Waals surface area contributed by atoms with Gasteiger partial charge in [0.15, 0.2) is 17.7 Å². The number of carbonyl (C=O) groups excluding carboxylic acids is 1. The highest BCUT2D eigenvalue weighted by molar-refractivity contribution is 5.99. The molecule has 164 valence electrons. The number of rotatable bonds is 11. The Balaban J connectivity index is 0.00000341. The first kappa shape index (κ1) is 24.4.